The maximum absolute atomic E-state index is 13.3. The summed E-state index contributed by atoms with van der Waals surface area (Å²) in [4.78, 5) is 26.8. The third-order valence-corrected chi connectivity index (χ3v) is 3.80. The minimum atomic E-state index is -0.743. The highest BCUT2D eigenvalue weighted by Crippen LogP contribution is 2.20. The lowest BCUT2D eigenvalue weighted by Crippen LogP contribution is -2.49. The van der Waals surface area contributed by atoms with Gasteiger partial charge in [-0.25, -0.2) is 4.39 Å². The van der Waals surface area contributed by atoms with Gasteiger partial charge in [0.2, 0.25) is 11.8 Å². The first-order chi connectivity index (χ1) is 11.4. The highest BCUT2D eigenvalue weighted by atomic mass is 19.1. The standard InChI is InChI=1S/C17H22FN3O3/c1-10(5-6-22)20-17(24)16(21-11(2)23)7-12-9-19-15-8-13(18)3-4-14(12)15/h3-4,8-10,16,19,22H,5-7H2,1-2H3,(H,20,24)(H,21,23)/t10-,16?/m1/s1. The summed E-state index contributed by atoms with van der Waals surface area (Å²) in [6.07, 6.45) is 2.43. The van der Waals surface area contributed by atoms with Crippen molar-refractivity contribution in [3.05, 3.63) is 35.8 Å². The van der Waals surface area contributed by atoms with Crippen LogP contribution < -0.4 is 10.6 Å². The summed E-state index contributed by atoms with van der Waals surface area (Å²) >= 11 is 0. The Balaban J connectivity index is 2.18. The number of benzene rings is 1. The third kappa shape index (κ3) is 4.55. The molecule has 0 aliphatic heterocycles. The van der Waals surface area contributed by atoms with E-state index < -0.39 is 6.04 Å². The number of carbonyl (C=O) groups is 2. The Labute approximate surface area is 139 Å². The molecule has 2 atom stereocenters. The molecule has 0 aliphatic carbocycles. The van der Waals surface area contributed by atoms with Crippen LogP contribution in [0.3, 0.4) is 0 Å². The number of fused-ring (bicyclic) bond motifs is 1. The SMILES string of the molecule is CC(=O)NC(Cc1c[nH]c2cc(F)ccc12)C(=O)N[C@H](C)CCO. The third-order valence-electron chi connectivity index (χ3n) is 3.80. The lowest BCUT2D eigenvalue weighted by atomic mass is 10.0. The molecule has 7 heteroatoms. The van der Waals surface area contributed by atoms with Crippen LogP contribution in [-0.4, -0.2) is 40.6 Å². The second kappa shape index (κ2) is 7.92. The zero-order chi connectivity index (χ0) is 17.7. The van der Waals surface area contributed by atoms with Crippen molar-refractivity contribution >= 4 is 22.7 Å². The molecule has 1 aromatic heterocycles. The van der Waals surface area contributed by atoms with Crippen molar-refractivity contribution in [1.82, 2.24) is 15.6 Å². The minimum Gasteiger partial charge on any atom is -0.396 e. The molecule has 1 unspecified atom stereocenters. The summed E-state index contributed by atoms with van der Waals surface area (Å²) in [5, 5.41) is 15.1. The molecule has 130 valence electrons. The smallest absolute Gasteiger partial charge is 0.243 e. The Kier molecular flexibility index (Phi) is 5.92. The molecule has 2 rings (SSSR count). The minimum absolute atomic E-state index is 0.0275. The molecule has 0 bridgehead atoms. The van der Waals surface area contributed by atoms with Gasteiger partial charge < -0.3 is 20.7 Å². The number of halogens is 1. The van der Waals surface area contributed by atoms with Gasteiger partial charge in [0, 0.05) is 43.1 Å². The molecule has 1 aromatic carbocycles. The summed E-state index contributed by atoms with van der Waals surface area (Å²) in [5.74, 6) is -0.969. The molecule has 2 amide bonds. The van der Waals surface area contributed by atoms with E-state index in [1.54, 1.807) is 19.2 Å². The largest absolute Gasteiger partial charge is 0.396 e. The Hall–Kier alpha value is -2.41. The number of carbonyl (C=O) groups excluding carboxylic acids is 2. The second-order valence-corrected chi connectivity index (χ2v) is 5.88. The molecular formula is C17H22FN3O3. The van der Waals surface area contributed by atoms with Gasteiger partial charge in [0.05, 0.1) is 0 Å². The van der Waals surface area contributed by atoms with Gasteiger partial charge in [-0.3, -0.25) is 9.59 Å². The lowest BCUT2D eigenvalue weighted by Gasteiger charge is -2.20. The average Bonchev–Trinajstić information content (AvgIpc) is 2.88. The fraction of sp³-hybridized carbons (Fsp3) is 0.412. The topological polar surface area (TPSA) is 94.2 Å². The van der Waals surface area contributed by atoms with Crippen LogP contribution in [-0.2, 0) is 16.0 Å². The first-order valence-corrected chi connectivity index (χ1v) is 7.84. The van der Waals surface area contributed by atoms with Gasteiger partial charge in [0.15, 0.2) is 0 Å². The Morgan fingerprint density at radius 3 is 2.75 bits per heavy atom. The van der Waals surface area contributed by atoms with Crippen LogP contribution in [0.4, 0.5) is 4.39 Å². The van der Waals surface area contributed by atoms with Crippen LogP contribution in [0.5, 0.6) is 0 Å². The van der Waals surface area contributed by atoms with Crippen molar-refractivity contribution in [2.75, 3.05) is 6.61 Å². The molecule has 6 nitrogen and oxygen atoms in total. The Bertz CT molecular complexity index is 729. The molecule has 0 aliphatic rings. The fourth-order valence-electron chi connectivity index (χ4n) is 2.61. The number of rotatable bonds is 7. The number of aromatic nitrogens is 1. The average molecular weight is 335 g/mol. The highest BCUT2D eigenvalue weighted by Gasteiger charge is 2.22. The quantitative estimate of drug-likeness (QED) is 0.613. The zero-order valence-electron chi connectivity index (χ0n) is 13.7. The monoisotopic (exact) mass is 335 g/mol. The number of nitrogens with one attached hydrogen (secondary N) is 3. The summed E-state index contributed by atoms with van der Waals surface area (Å²) in [7, 11) is 0. The van der Waals surface area contributed by atoms with E-state index in [1.807, 2.05) is 0 Å². The lowest BCUT2D eigenvalue weighted by molar-refractivity contribution is -0.128. The summed E-state index contributed by atoms with van der Waals surface area (Å²) in [6, 6.07) is 3.45. The number of aliphatic hydroxyl groups excluding tert-OH is 1. The van der Waals surface area contributed by atoms with Crippen LogP contribution in [0.15, 0.2) is 24.4 Å². The van der Waals surface area contributed by atoms with Crippen LogP contribution >= 0.6 is 0 Å². The van der Waals surface area contributed by atoms with Gasteiger partial charge in [-0.1, -0.05) is 0 Å². The zero-order valence-corrected chi connectivity index (χ0v) is 13.7. The predicted octanol–water partition coefficient (Wildman–Crippen LogP) is 1.24. The van der Waals surface area contributed by atoms with E-state index in [-0.39, 0.29) is 36.7 Å². The fourth-order valence-corrected chi connectivity index (χ4v) is 2.61. The van der Waals surface area contributed by atoms with E-state index in [2.05, 4.69) is 15.6 Å². The van der Waals surface area contributed by atoms with Crippen molar-refractivity contribution < 1.29 is 19.1 Å². The van der Waals surface area contributed by atoms with Crippen molar-refractivity contribution in [1.29, 1.82) is 0 Å². The van der Waals surface area contributed by atoms with Gasteiger partial charge in [0.25, 0.3) is 0 Å². The second-order valence-electron chi connectivity index (χ2n) is 5.88. The molecule has 2 aromatic rings. The van der Waals surface area contributed by atoms with Gasteiger partial charge in [-0.2, -0.15) is 0 Å². The number of aromatic amines is 1. The number of amides is 2. The van der Waals surface area contributed by atoms with Crippen molar-refractivity contribution in [3.8, 4) is 0 Å². The molecule has 1 heterocycles. The van der Waals surface area contributed by atoms with E-state index in [0.29, 0.717) is 11.9 Å². The molecular weight excluding hydrogens is 313 g/mol. The van der Waals surface area contributed by atoms with Crippen LogP contribution in [0, 0.1) is 5.82 Å². The first kappa shape index (κ1) is 17.9. The van der Waals surface area contributed by atoms with Crippen molar-refractivity contribution in [2.45, 2.75) is 38.8 Å². The first-order valence-electron chi connectivity index (χ1n) is 7.84. The molecule has 0 saturated carbocycles. The molecule has 0 radical (unpaired) electrons. The normalized spacial score (nSPS) is 13.5. The van der Waals surface area contributed by atoms with Gasteiger partial charge >= 0.3 is 0 Å². The van der Waals surface area contributed by atoms with Crippen molar-refractivity contribution in [3.63, 3.8) is 0 Å². The molecule has 0 saturated heterocycles. The maximum Gasteiger partial charge on any atom is 0.243 e. The number of H-pyrrole nitrogens is 1. The van der Waals surface area contributed by atoms with E-state index in [1.165, 1.54) is 19.1 Å². The van der Waals surface area contributed by atoms with Crippen molar-refractivity contribution in [2.24, 2.45) is 0 Å². The summed E-state index contributed by atoms with van der Waals surface area (Å²) in [6.45, 7) is 3.11. The van der Waals surface area contributed by atoms with Crippen LogP contribution in [0.1, 0.15) is 25.8 Å². The summed E-state index contributed by atoms with van der Waals surface area (Å²) in [5.41, 5.74) is 1.45. The van der Waals surface area contributed by atoms with Gasteiger partial charge in [-0.15, -0.1) is 0 Å². The Morgan fingerprint density at radius 1 is 1.33 bits per heavy atom. The van der Waals surface area contributed by atoms with E-state index in [0.717, 1.165) is 10.9 Å². The van der Waals surface area contributed by atoms with E-state index in [4.69, 9.17) is 5.11 Å². The number of hydrogen-bond acceptors (Lipinski definition) is 3. The van der Waals surface area contributed by atoms with Gasteiger partial charge in [-0.05, 0) is 37.1 Å². The maximum atomic E-state index is 13.3. The molecule has 24 heavy (non-hydrogen) atoms. The van der Waals surface area contributed by atoms with E-state index >= 15 is 0 Å². The summed E-state index contributed by atoms with van der Waals surface area (Å²) < 4.78 is 13.3. The molecule has 4 N–H and O–H groups in total. The molecule has 0 fully saturated rings. The van der Waals surface area contributed by atoms with Crippen LogP contribution in [0.2, 0.25) is 0 Å². The van der Waals surface area contributed by atoms with E-state index in [9.17, 15) is 14.0 Å². The molecule has 0 spiro atoms. The van der Waals surface area contributed by atoms with Gasteiger partial charge in [0.1, 0.15) is 11.9 Å². The highest BCUT2D eigenvalue weighted by molar-refractivity contribution is 5.89. The predicted molar refractivity (Wildman–Crippen MR) is 88.9 cm³/mol. The number of hydrogen-bond donors (Lipinski definition) is 4. The van der Waals surface area contributed by atoms with Crippen LogP contribution in [0.25, 0.3) is 10.9 Å². The number of aliphatic hydroxyl groups is 1. The Morgan fingerprint density at radius 2 is 2.08 bits per heavy atom.